The lowest BCUT2D eigenvalue weighted by atomic mass is 9.95. The average molecular weight is 561 g/mol. The van der Waals surface area contributed by atoms with E-state index in [1.54, 1.807) is 14.0 Å². The highest BCUT2D eigenvalue weighted by Gasteiger charge is 2.38. The first-order valence-electron chi connectivity index (χ1n) is 11.9. The Morgan fingerprint density at radius 1 is 1.10 bits per heavy atom. The third-order valence-electron chi connectivity index (χ3n) is 6.86. The summed E-state index contributed by atoms with van der Waals surface area (Å²) in [5, 5.41) is 9.72. The minimum Gasteiger partial charge on any atom is -0.494 e. The smallest absolute Gasteiger partial charge is 0.417 e. The maximum atomic E-state index is 14.5. The van der Waals surface area contributed by atoms with E-state index in [-0.39, 0.29) is 51.1 Å². The van der Waals surface area contributed by atoms with Crippen LogP contribution in [-0.4, -0.2) is 38.6 Å². The van der Waals surface area contributed by atoms with Gasteiger partial charge in [0.05, 0.1) is 29.4 Å². The number of carbonyl (C=O) groups is 1. The van der Waals surface area contributed by atoms with Crippen molar-refractivity contribution in [1.82, 2.24) is 14.0 Å². The number of carbonyl (C=O) groups excluding carboxylic acids is 1. The number of nitrogens with zero attached hydrogens (tertiary/aromatic N) is 3. The summed E-state index contributed by atoms with van der Waals surface area (Å²) >= 11 is 0. The molecule has 3 aromatic heterocycles. The number of hydrogen-bond acceptors (Lipinski definition) is 4. The predicted octanol–water partition coefficient (Wildman–Crippen LogP) is 6.01. The van der Waals surface area contributed by atoms with Crippen LogP contribution in [0.1, 0.15) is 33.0 Å². The van der Waals surface area contributed by atoms with Crippen LogP contribution in [0.4, 0.5) is 26.3 Å². The quantitative estimate of drug-likeness (QED) is 0.157. The monoisotopic (exact) mass is 561 g/mol. The van der Waals surface area contributed by atoms with Gasteiger partial charge in [0.2, 0.25) is 5.78 Å². The summed E-state index contributed by atoms with van der Waals surface area (Å²) in [6.45, 7) is 1.22. The van der Waals surface area contributed by atoms with Crippen LogP contribution < -0.4 is 4.74 Å². The summed E-state index contributed by atoms with van der Waals surface area (Å²) < 4.78 is 93.2. The Morgan fingerprint density at radius 2 is 1.77 bits per heavy atom. The van der Waals surface area contributed by atoms with Crippen LogP contribution >= 0.6 is 0 Å². The Labute approximate surface area is 223 Å². The summed E-state index contributed by atoms with van der Waals surface area (Å²) in [6.07, 6.45) is -3.49. The van der Waals surface area contributed by atoms with E-state index >= 15 is 0 Å². The molecule has 208 valence electrons. The molecule has 0 fully saturated rings. The number of aryl methyl sites for hydroxylation is 2. The zero-order valence-electron chi connectivity index (χ0n) is 21.3. The number of aromatic nitrogens is 3. The molecule has 0 unspecified atom stereocenters. The molecule has 2 aromatic carbocycles. The van der Waals surface area contributed by atoms with Gasteiger partial charge in [0, 0.05) is 36.5 Å². The fraction of sp³-hybridized carbons (Fsp3) is 0.214. The maximum absolute atomic E-state index is 14.5. The van der Waals surface area contributed by atoms with E-state index in [9.17, 15) is 36.2 Å². The van der Waals surface area contributed by atoms with Gasteiger partial charge in [-0.25, -0.2) is 18.2 Å². The molecule has 0 saturated carbocycles. The van der Waals surface area contributed by atoms with E-state index in [0.717, 1.165) is 6.07 Å². The van der Waals surface area contributed by atoms with Gasteiger partial charge in [-0.3, -0.25) is 4.79 Å². The third-order valence-corrected chi connectivity index (χ3v) is 6.86. The van der Waals surface area contributed by atoms with Crippen molar-refractivity contribution < 1.29 is 41.0 Å². The fourth-order valence-corrected chi connectivity index (χ4v) is 4.96. The molecule has 0 saturated heterocycles. The number of imidazole rings is 1. The molecule has 0 aliphatic rings. The summed E-state index contributed by atoms with van der Waals surface area (Å²) in [5.74, 6) is -5.49. The number of aliphatic hydroxyl groups excluding tert-OH is 1. The van der Waals surface area contributed by atoms with Gasteiger partial charge < -0.3 is 18.8 Å². The lowest BCUT2D eigenvalue weighted by molar-refractivity contribution is -0.137. The highest BCUT2D eigenvalue weighted by atomic mass is 19.4. The number of hydrogen-bond donors (Lipinski definition) is 1. The van der Waals surface area contributed by atoms with Crippen molar-refractivity contribution in [3.63, 3.8) is 0 Å². The van der Waals surface area contributed by atoms with Crippen LogP contribution in [0.25, 0.3) is 27.7 Å². The molecule has 0 spiro atoms. The average Bonchev–Trinajstić information content (AvgIpc) is 3.42. The maximum Gasteiger partial charge on any atom is 0.417 e. The van der Waals surface area contributed by atoms with Crippen LogP contribution in [0.15, 0.2) is 42.6 Å². The molecule has 0 aliphatic heterocycles. The van der Waals surface area contributed by atoms with Gasteiger partial charge >= 0.3 is 6.18 Å². The van der Waals surface area contributed by atoms with E-state index in [0.29, 0.717) is 18.0 Å². The second-order valence-electron chi connectivity index (χ2n) is 9.17. The van der Waals surface area contributed by atoms with Gasteiger partial charge in [-0.1, -0.05) is 6.07 Å². The minimum absolute atomic E-state index is 0.0239. The topological polar surface area (TPSA) is 68.8 Å². The van der Waals surface area contributed by atoms with Crippen LogP contribution in [-0.2, 0) is 19.6 Å². The van der Waals surface area contributed by atoms with Gasteiger partial charge in [0.25, 0.3) is 0 Å². The second kappa shape index (κ2) is 9.70. The molecule has 6 nitrogen and oxygen atoms in total. The van der Waals surface area contributed by atoms with Gasteiger partial charge in [-0.2, -0.15) is 13.2 Å². The molecular formula is C28H21F6N3O3. The number of aliphatic hydroxyl groups is 1. The number of ketones is 1. The van der Waals surface area contributed by atoms with Gasteiger partial charge in [-0.05, 0) is 49.2 Å². The summed E-state index contributed by atoms with van der Waals surface area (Å²) in [4.78, 5) is 17.7. The molecule has 40 heavy (non-hydrogen) atoms. The Balaban J connectivity index is 1.87. The first-order chi connectivity index (χ1) is 18.9. The number of pyridine rings is 1. The van der Waals surface area contributed by atoms with Crippen LogP contribution in [0.3, 0.4) is 0 Å². The number of ether oxygens (including phenoxy) is 1. The van der Waals surface area contributed by atoms with E-state index in [1.807, 2.05) is 0 Å². The van der Waals surface area contributed by atoms with Gasteiger partial charge in [0.1, 0.15) is 11.3 Å². The van der Waals surface area contributed by atoms with Crippen molar-refractivity contribution >= 4 is 22.3 Å². The fourth-order valence-electron chi connectivity index (χ4n) is 4.96. The number of rotatable bonds is 6. The van der Waals surface area contributed by atoms with E-state index in [1.165, 1.54) is 40.5 Å². The SMILES string of the molecule is COc1c(-c2cccn3c(C(=O)c4cc(F)c(F)c(F)c4)cc(CCO)c23)c(C(F)(F)F)cc2c1nc(C)n2C. The lowest BCUT2D eigenvalue weighted by Gasteiger charge is -2.19. The second-order valence-corrected chi connectivity index (χ2v) is 9.17. The van der Waals surface area contributed by atoms with Crippen LogP contribution in [0, 0.1) is 24.4 Å². The highest BCUT2D eigenvalue weighted by molar-refractivity contribution is 6.10. The summed E-state index contributed by atoms with van der Waals surface area (Å²) in [6, 6.07) is 6.19. The molecule has 5 aromatic rings. The lowest BCUT2D eigenvalue weighted by Crippen LogP contribution is -2.10. The molecule has 0 radical (unpaired) electrons. The number of benzene rings is 2. The van der Waals surface area contributed by atoms with Crippen molar-refractivity contribution in [2.24, 2.45) is 7.05 Å². The summed E-state index contributed by atoms with van der Waals surface area (Å²) in [5.41, 5.74) is -1.17. The van der Waals surface area contributed by atoms with Crippen molar-refractivity contribution in [2.75, 3.05) is 13.7 Å². The molecule has 5 rings (SSSR count). The van der Waals surface area contributed by atoms with Crippen molar-refractivity contribution in [1.29, 1.82) is 0 Å². The largest absolute Gasteiger partial charge is 0.494 e. The molecule has 0 atom stereocenters. The molecule has 1 N–H and O–H groups in total. The standard InChI is InChI=1S/C28H21F6N3O3/c1-13-35-24-20(36(13)2)12-17(28(32,33)34)22(27(24)40-3)16-5-4-7-37-21(11-14(6-8-38)25(16)37)26(39)15-9-18(29)23(31)19(30)10-15/h4-5,7,9-12,38H,6,8H2,1-3H3. The molecule has 0 amide bonds. The molecular weight excluding hydrogens is 540 g/mol. The van der Waals surface area contributed by atoms with E-state index in [2.05, 4.69) is 4.98 Å². The zero-order valence-corrected chi connectivity index (χ0v) is 21.3. The Morgan fingerprint density at radius 3 is 2.38 bits per heavy atom. The Bertz CT molecular complexity index is 1800. The van der Waals surface area contributed by atoms with Gasteiger partial charge in [0.15, 0.2) is 23.2 Å². The first kappa shape index (κ1) is 27.3. The third kappa shape index (κ3) is 4.19. The normalized spacial score (nSPS) is 12.1. The Kier molecular flexibility index (Phi) is 6.61. The number of fused-ring (bicyclic) bond motifs is 2. The minimum atomic E-state index is -4.83. The summed E-state index contributed by atoms with van der Waals surface area (Å²) in [7, 11) is 2.80. The number of halogens is 6. The van der Waals surface area contributed by atoms with Crippen molar-refractivity contribution in [2.45, 2.75) is 19.5 Å². The van der Waals surface area contributed by atoms with Crippen LogP contribution in [0.2, 0.25) is 0 Å². The zero-order chi connectivity index (χ0) is 29.1. The van der Waals surface area contributed by atoms with E-state index in [4.69, 9.17) is 4.74 Å². The molecule has 3 heterocycles. The van der Waals surface area contributed by atoms with Crippen molar-refractivity contribution in [3.8, 4) is 16.9 Å². The molecule has 12 heteroatoms. The Hall–Kier alpha value is -4.32. The number of alkyl halides is 3. The van der Waals surface area contributed by atoms with E-state index < -0.39 is 47.1 Å². The highest BCUT2D eigenvalue weighted by Crippen LogP contribution is 2.47. The number of methoxy groups -OCH3 is 1. The molecule has 0 bridgehead atoms. The van der Waals surface area contributed by atoms with Crippen LogP contribution in [0.5, 0.6) is 5.75 Å². The van der Waals surface area contributed by atoms with Crippen molar-refractivity contribution in [3.05, 3.63) is 88.3 Å². The first-order valence-corrected chi connectivity index (χ1v) is 11.9. The van der Waals surface area contributed by atoms with Gasteiger partial charge in [-0.15, -0.1) is 0 Å². The predicted molar refractivity (Wildman–Crippen MR) is 134 cm³/mol. The molecule has 0 aliphatic carbocycles.